The highest BCUT2D eigenvalue weighted by atomic mass is 16.5. The van der Waals surface area contributed by atoms with E-state index >= 15 is 0 Å². The van der Waals surface area contributed by atoms with E-state index in [-0.39, 0.29) is 0 Å². The minimum absolute atomic E-state index is 0.769. The van der Waals surface area contributed by atoms with Crippen LogP contribution in [-0.2, 0) is 6.42 Å². The van der Waals surface area contributed by atoms with Gasteiger partial charge in [0.05, 0.1) is 0 Å². The van der Waals surface area contributed by atoms with E-state index in [0.29, 0.717) is 0 Å². The summed E-state index contributed by atoms with van der Waals surface area (Å²) in [6.45, 7) is 6.94. The Morgan fingerprint density at radius 3 is 1.71 bits per heavy atom. The zero-order valence-electron chi connectivity index (χ0n) is 11.7. The first-order valence-corrected chi connectivity index (χ1v) is 6.51. The standard InChI is InChI=1S/C19H16O2/c1-3-11-20-18-9-5-7-16(14-18)13-17-8-6-10-19(15-17)21-12-4-2/h5-12,14-15H,1-2,13H2. The van der Waals surface area contributed by atoms with Gasteiger partial charge in [0, 0.05) is 0 Å². The maximum atomic E-state index is 5.37. The fourth-order valence-corrected chi connectivity index (χ4v) is 1.91. The van der Waals surface area contributed by atoms with Crippen molar-refractivity contribution in [3.05, 3.63) is 96.8 Å². The summed E-state index contributed by atoms with van der Waals surface area (Å²) >= 11 is 0. The molecule has 0 aliphatic heterocycles. The molecule has 0 unspecified atom stereocenters. The van der Waals surface area contributed by atoms with Crippen LogP contribution in [0, 0.1) is 0 Å². The molecule has 2 aromatic carbocycles. The number of ether oxygens (including phenoxy) is 2. The molecule has 2 aromatic rings. The third kappa shape index (κ3) is 4.59. The van der Waals surface area contributed by atoms with Gasteiger partial charge in [0.1, 0.15) is 24.0 Å². The maximum Gasteiger partial charge on any atom is 0.133 e. The molecule has 104 valence electrons. The van der Waals surface area contributed by atoms with Gasteiger partial charge in [0.15, 0.2) is 0 Å². The molecule has 0 fully saturated rings. The molecule has 0 aliphatic rings. The quantitative estimate of drug-likeness (QED) is 0.565. The average Bonchev–Trinajstić information content (AvgIpc) is 2.52. The highest BCUT2D eigenvalue weighted by Crippen LogP contribution is 2.19. The molecule has 0 radical (unpaired) electrons. The Kier molecular flexibility index (Phi) is 5.25. The molecule has 2 heteroatoms. The Morgan fingerprint density at radius 1 is 0.810 bits per heavy atom. The molecule has 0 aliphatic carbocycles. The van der Waals surface area contributed by atoms with Crippen LogP contribution >= 0.6 is 0 Å². The second-order valence-corrected chi connectivity index (χ2v) is 4.35. The number of benzene rings is 2. The summed E-state index contributed by atoms with van der Waals surface area (Å²) in [4.78, 5) is 0. The molecule has 0 saturated heterocycles. The van der Waals surface area contributed by atoms with E-state index < -0.39 is 0 Å². The average molecular weight is 276 g/mol. The van der Waals surface area contributed by atoms with Crippen LogP contribution < -0.4 is 9.47 Å². The highest BCUT2D eigenvalue weighted by molar-refractivity contribution is 5.36. The molecular formula is C19H16O2. The highest BCUT2D eigenvalue weighted by Gasteiger charge is 2.00. The van der Waals surface area contributed by atoms with E-state index in [9.17, 15) is 0 Å². The fourth-order valence-electron chi connectivity index (χ4n) is 1.91. The first kappa shape index (κ1) is 14.5. The van der Waals surface area contributed by atoms with Crippen molar-refractivity contribution < 1.29 is 9.47 Å². The predicted molar refractivity (Wildman–Crippen MR) is 84.4 cm³/mol. The van der Waals surface area contributed by atoms with Gasteiger partial charge in [-0.05, 0) is 41.8 Å². The zero-order valence-corrected chi connectivity index (χ0v) is 11.7. The summed E-state index contributed by atoms with van der Waals surface area (Å²) < 4.78 is 10.7. The van der Waals surface area contributed by atoms with Crippen LogP contribution in [0.1, 0.15) is 11.1 Å². The Morgan fingerprint density at radius 2 is 1.29 bits per heavy atom. The van der Waals surface area contributed by atoms with Crippen molar-refractivity contribution in [1.29, 1.82) is 0 Å². The van der Waals surface area contributed by atoms with Crippen molar-refractivity contribution in [2.45, 2.75) is 6.42 Å². The molecule has 2 nitrogen and oxygen atoms in total. The lowest BCUT2D eigenvalue weighted by Crippen LogP contribution is -1.90. The monoisotopic (exact) mass is 276 g/mol. The summed E-state index contributed by atoms with van der Waals surface area (Å²) in [5, 5.41) is 0. The molecule has 21 heavy (non-hydrogen) atoms. The van der Waals surface area contributed by atoms with E-state index in [0.717, 1.165) is 29.0 Å². The third-order valence-corrected chi connectivity index (χ3v) is 2.76. The van der Waals surface area contributed by atoms with Gasteiger partial charge in [-0.15, -0.1) is 0 Å². The van der Waals surface area contributed by atoms with Crippen molar-refractivity contribution >= 4 is 0 Å². The number of hydrogen-bond donors (Lipinski definition) is 0. The van der Waals surface area contributed by atoms with E-state index in [1.165, 1.54) is 12.5 Å². The normalized spacial score (nSPS) is 9.14. The Labute approximate surface area is 125 Å². The smallest absolute Gasteiger partial charge is 0.133 e. The Bertz CT molecular complexity index is 642. The molecule has 0 atom stereocenters. The van der Waals surface area contributed by atoms with Crippen LogP contribution in [0.3, 0.4) is 0 Å². The van der Waals surface area contributed by atoms with Gasteiger partial charge in [-0.3, -0.25) is 0 Å². The van der Waals surface area contributed by atoms with E-state index in [4.69, 9.17) is 9.47 Å². The van der Waals surface area contributed by atoms with Gasteiger partial charge in [-0.1, -0.05) is 48.9 Å². The van der Waals surface area contributed by atoms with E-state index in [2.05, 4.69) is 36.8 Å². The maximum absolute atomic E-state index is 5.37. The van der Waals surface area contributed by atoms with Gasteiger partial charge in [0.2, 0.25) is 0 Å². The van der Waals surface area contributed by atoms with Crippen LogP contribution in [0.4, 0.5) is 0 Å². The first-order chi connectivity index (χ1) is 10.3. The summed E-state index contributed by atoms with van der Waals surface area (Å²) in [5.41, 5.74) is 7.48. The topological polar surface area (TPSA) is 18.5 Å². The molecule has 0 bridgehead atoms. The SMILES string of the molecule is C=C=COc1cccc(Cc2cccc(OC=C=C)c2)c1. The van der Waals surface area contributed by atoms with Crippen LogP contribution in [0.15, 0.2) is 85.7 Å². The lowest BCUT2D eigenvalue weighted by molar-refractivity contribution is 0.481. The summed E-state index contributed by atoms with van der Waals surface area (Å²) in [5.74, 6) is 1.54. The first-order valence-electron chi connectivity index (χ1n) is 6.51. The van der Waals surface area contributed by atoms with Gasteiger partial charge in [-0.25, -0.2) is 0 Å². The molecule has 0 saturated carbocycles. The van der Waals surface area contributed by atoms with Gasteiger partial charge >= 0.3 is 0 Å². The predicted octanol–water partition coefficient (Wildman–Crippen LogP) is 4.63. The van der Waals surface area contributed by atoms with Crippen molar-refractivity contribution in [3.63, 3.8) is 0 Å². The summed E-state index contributed by atoms with van der Waals surface area (Å²) in [7, 11) is 0. The summed E-state index contributed by atoms with van der Waals surface area (Å²) in [6, 6.07) is 15.8. The molecule has 0 N–H and O–H groups in total. The van der Waals surface area contributed by atoms with Crippen molar-refractivity contribution in [3.8, 4) is 11.5 Å². The molecule has 0 spiro atoms. The van der Waals surface area contributed by atoms with Gasteiger partial charge < -0.3 is 9.47 Å². The van der Waals surface area contributed by atoms with Crippen molar-refractivity contribution in [1.82, 2.24) is 0 Å². The minimum atomic E-state index is 0.769. The third-order valence-electron chi connectivity index (χ3n) is 2.76. The minimum Gasteiger partial charge on any atom is -0.457 e. The van der Waals surface area contributed by atoms with Crippen molar-refractivity contribution in [2.75, 3.05) is 0 Å². The van der Waals surface area contributed by atoms with Crippen LogP contribution in [0.25, 0.3) is 0 Å². The lowest BCUT2D eigenvalue weighted by Gasteiger charge is -2.06. The number of rotatable bonds is 6. The van der Waals surface area contributed by atoms with Crippen LogP contribution in [0.2, 0.25) is 0 Å². The second-order valence-electron chi connectivity index (χ2n) is 4.35. The Balaban J connectivity index is 2.13. The lowest BCUT2D eigenvalue weighted by atomic mass is 10.0. The van der Waals surface area contributed by atoms with Crippen molar-refractivity contribution in [2.24, 2.45) is 0 Å². The fraction of sp³-hybridized carbons (Fsp3) is 0.0526. The second kappa shape index (κ2) is 7.62. The zero-order chi connectivity index (χ0) is 14.9. The van der Waals surface area contributed by atoms with Gasteiger partial charge in [0.25, 0.3) is 0 Å². The molecule has 0 heterocycles. The van der Waals surface area contributed by atoms with Gasteiger partial charge in [-0.2, -0.15) is 0 Å². The Hall–Kier alpha value is -2.92. The largest absolute Gasteiger partial charge is 0.457 e. The molecular weight excluding hydrogens is 260 g/mol. The van der Waals surface area contributed by atoms with E-state index in [1.807, 2.05) is 36.4 Å². The van der Waals surface area contributed by atoms with E-state index in [1.54, 1.807) is 0 Å². The van der Waals surface area contributed by atoms with Crippen LogP contribution in [0.5, 0.6) is 11.5 Å². The van der Waals surface area contributed by atoms with Crippen LogP contribution in [-0.4, -0.2) is 0 Å². The molecule has 0 aromatic heterocycles. The molecule has 0 amide bonds. The summed E-state index contributed by atoms with van der Waals surface area (Å²) in [6.07, 6.45) is 3.67. The molecule has 2 rings (SSSR count). The number of hydrogen-bond acceptors (Lipinski definition) is 2.